The number of amides is 2. The predicted molar refractivity (Wildman–Crippen MR) is 71.8 cm³/mol. The van der Waals surface area contributed by atoms with Crippen LogP contribution in [0.3, 0.4) is 0 Å². The van der Waals surface area contributed by atoms with Crippen LogP contribution in [0.25, 0.3) is 0 Å². The van der Waals surface area contributed by atoms with Crippen LogP contribution in [-0.4, -0.2) is 50.1 Å². The monoisotopic (exact) mass is 294 g/mol. The number of nitrogens with one attached hydrogen (secondary N) is 2. The molecule has 3 N–H and O–H groups in total. The minimum Gasteiger partial charge on any atom is -0.481 e. The Kier molecular flexibility index (Phi) is 8.94. The van der Waals surface area contributed by atoms with E-state index in [0.29, 0.717) is 19.4 Å². The number of aliphatic carboxylic acids is 1. The number of carbonyl (C=O) groups is 2. The standard InChI is InChI=1S/C11H22N2O5S/c1-2-19(17,18)9-8-13-11(16)12-7-5-3-4-6-10(14)15/h2-9H2,1H3,(H,14,15)(H2,12,13,16). The van der Waals surface area contributed by atoms with Crippen LogP contribution in [0.15, 0.2) is 0 Å². The molecule has 0 aliphatic heterocycles. The molecule has 0 radical (unpaired) electrons. The van der Waals surface area contributed by atoms with Crippen molar-refractivity contribution in [2.75, 3.05) is 24.6 Å². The zero-order valence-electron chi connectivity index (χ0n) is 11.1. The van der Waals surface area contributed by atoms with Crippen molar-refractivity contribution in [3.8, 4) is 0 Å². The molecule has 0 atom stereocenters. The van der Waals surface area contributed by atoms with Crippen molar-refractivity contribution in [3.63, 3.8) is 0 Å². The summed E-state index contributed by atoms with van der Waals surface area (Å²) in [6.45, 7) is 2.11. The Balaban J connectivity index is 3.48. The van der Waals surface area contributed by atoms with Gasteiger partial charge in [-0.15, -0.1) is 0 Å². The largest absolute Gasteiger partial charge is 0.481 e. The average molecular weight is 294 g/mol. The summed E-state index contributed by atoms with van der Waals surface area (Å²) in [7, 11) is -3.05. The van der Waals surface area contributed by atoms with Crippen LogP contribution in [-0.2, 0) is 14.6 Å². The fraction of sp³-hybridized carbons (Fsp3) is 0.818. The van der Waals surface area contributed by atoms with Crippen LogP contribution < -0.4 is 10.6 Å². The van der Waals surface area contributed by atoms with Gasteiger partial charge in [-0.05, 0) is 12.8 Å². The van der Waals surface area contributed by atoms with Gasteiger partial charge in [0, 0.05) is 25.3 Å². The Bertz CT molecular complexity index is 381. The van der Waals surface area contributed by atoms with E-state index in [-0.39, 0.29) is 24.5 Å². The first-order chi connectivity index (χ1) is 8.87. The van der Waals surface area contributed by atoms with Gasteiger partial charge in [0.05, 0.1) is 5.75 Å². The number of unbranched alkanes of at least 4 members (excludes halogenated alkanes) is 2. The first kappa shape index (κ1) is 17.7. The highest BCUT2D eigenvalue weighted by Crippen LogP contribution is 1.98. The molecule has 0 bridgehead atoms. The van der Waals surface area contributed by atoms with Gasteiger partial charge in [-0.3, -0.25) is 4.79 Å². The first-order valence-electron chi connectivity index (χ1n) is 6.31. The van der Waals surface area contributed by atoms with Crippen molar-refractivity contribution < 1.29 is 23.1 Å². The van der Waals surface area contributed by atoms with Gasteiger partial charge in [0.25, 0.3) is 0 Å². The highest BCUT2D eigenvalue weighted by Gasteiger charge is 2.07. The third-order valence-corrected chi connectivity index (χ3v) is 4.20. The minimum absolute atomic E-state index is 0.0600. The maximum absolute atomic E-state index is 11.2. The summed E-state index contributed by atoms with van der Waals surface area (Å²) in [6.07, 6.45) is 2.17. The molecule has 112 valence electrons. The first-order valence-corrected chi connectivity index (χ1v) is 8.13. The SMILES string of the molecule is CCS(=O)(=O)CCNC(=O)NCCCCCC(=O)O. The summed E-state index contributed by atoms with van der Waals surface area (Å²) in [5.74, 6) is -0.807. The third-order valence-electron chi connectivity index (χ3n) is 2.49. The minimum atomic E-state index is -3.05. The van der Waals surface area contributed by atoms with Gasteiger partial charge in [0.1, 0.15) is 0 Å². The number of hydrogen-bond donors (Lipinski definition) is 3. The molecule has 7 nitrogen and oxygen atoms in total. The summed E-state index contributed by atoms with van der Waals surface area (Å²) < 4.78 is 22.3. The quantitative estimate of drug-likeness (QED) is 0.504. The van der Waals surface area contributed by atoms with E-state index in [1.54, 1.807) is 6.92 Å². The topological polar surface area (TPSA) is 113 Å². The smallest absolute Gasteiger partial charge is 0.314 e. The number of carbonyl (C=O) groups excluding carboxylic acids is 1. The molecule has 0 aromatic rings. The maximum Gasteiger partial charge on any atom is 0.314 e. The summed E-state index contributed by atoms with van der Waals surface area (Å²) in [5.41, 5.74) is 0. The molecule has 0 heterocycles. The molecule has 0 aliphatic carbocycles. The maximum atomic E-state index is 11.2. The van der Waals surface area contributed by atoms with Gasteiger partial charge in [-0.25, -0.2) is 13.2 Å². The molecular formula is C11H22N2O5S. The van der Waals surface area contributed by atoms with E-state index < -0.39 is 21.8 Å². The summed E-state index contributed by atoms with van der Waals surface area (Å²) in [5, 5.41) is 13.5. The molecule has 0 saturated carbocycles. The van der Waals surface area contributed by atoms with Crippen molar-refractivity contribution >= 4 is 21.8 Å². The van der Waals surface area contributed by atoms with Crippen LogP contribution in [0.5, 0.6) is 0 Å². The van der Waals surface area contributed by atoms with E-state index >= 15 is 0 Å². The van der Waals surface area contributed by atoms with Gasteiger partial charge in [-0.2, -0.15) is 0 Å². The van der Waals surface area contributed by atoms with Crippen LogP contribution >= 0.6 is 0 Å². The van der Waals surface area contributed by atoms with E-state index in [1.807, 2.05) is 0 Å². The molecule has 8 heteroatoms. The predicted octanol–water partition coefficient (Wildman–Crippen LogP) is 0.365. The molecule has 0 fully saturated rings. The van der Waals surface area contributed by atoms with Crippen LogP contribution in [0, 0.1) is 0 Å². The number of hydrogen-bond acceptors (Lipinski definition) is 4. The van der Waals surface area contributed by atoms with Gasteiger partial charge < -0.3 is 15.7 Å². The molecule has 2 amide bonds. The summed E-state index contributed by atoms with van der Waals surface area (Å²) >= 11 is 0. The van der Waals surface area contributed by atoms with Gasteiger partial charge in [-0.1, -0.05) is 13.3 Å². The summed E-state index contributed by atoms with van der Waals surface area (Å²) in [6, 6.07) is -0.399. The molecule has 0 saturated heterocycles. The van der Waals surface area contributed by atoms with Gasteiger partial charge in [0.2, 0.25) is 0 Å². The molecule has 0 unspecified atom stereocenters. The zero-order valence-corrected chi connectivity index (χ0v) is 12.0. The fourth-order valence-corrected chi connectivity index (χ4v) is 2.01. The molecule has 0 aromatic heterocycles. The molecule has 0 spiro atoms. The Hall–Kier alpha value is -1.31. The zero-order chi connectivity index (χ0) is 14.7. The second-order valence-electron chi connectivity index (χ2n) is 4.12. The average Bonchev–Trinajstić information content (AvgIpc) is 2.33. The number of carboxylic acids is 1. The van der Waals surface area contributed by atoms with E-state index in [9.17, 15) is 18.0 Å². The number of sulfone groups is 1. The lowest BCUT2D eigenvalue weighted by atomic mass is 10.2. The molecule has 19 heavy (non-hydrogen) atoms. The molecule has 0 rings (SSSR count). The highest BCUT2D eigenvalue weighted by molar-refractivity contribution is 7.91. The normalized spacial score (nSPS) is 11.0. The summed E-state index contributed by atoms with van der Waals surface area (Å²) in [4.78, 5) is 21.5. The van der Waals surface area contributed by atoms with Crippen molar-refractivity contribution in [2.24, 2.45) is 0 Å². The number of rotatable bonds is 10. The second kappa shape index (κ2) is 9.60. The van der Waals surface area contributed by atoms with Gasteiger partial charge >= 0.3 is 12.0 Å². The van der Waals surface area contributed by atoms with Crippen molar-refractivity contribution in [1.29, 1.82) is 0 Å². The second-order valence-corrected chi connectivity index (χ2v) is 6.60. The van der Waals surface area contributed by atoms with E-state index in [4.69, 9.17) is 5.11 Å². The van der Waals surface area contributed by atoms with E-state index in [0.717, 1.165) is 6.42 Å². The van der Waals surface area contributed by atoms with E-state index in [1.165, 1.54) is 0 Å². The van der Waals surface area contributed by atoms with E-state index in [2.05, 4.69) is 10.6 Å². The molecule has 0 aliphatic rings. The highest BCUT2D eigenvalue weighted by atomic mass is 32.2. The van der Waals surface area contributed by atoms with Crippen LogP contribution in [0.1, 0.15) is 32.6 Å². The van der Waals surface area contributed by atoms with Crippen molar-refractivity contribution in [2.45, 2.75) is 32.6 Å². The fourth-order valence-electron chi connectivity index (χ4n) is 1.31. The Labute approximate surface area is 113 Å². The number of urea groups is 1. The molecule has 0 aromatic carbocycles. The van der Waals surface area contributed by atoms with Crippen LogP contribution in [0.4, 0.5) is 4.79 Å². The Morgan fingerprint density at radius 3 is 2.26 bits per heavy atom. The van der Waals surface area contributed by atoms with Crippen molar-refractivity contribution in [1.82, 2.24) is 10.6 Å². The third kappa shape index (κ3) is 11.5. The number of carboxylic acid groups (broad SMARTS) is 1. The Morgan fingerprint density at radius 1 is 1.05 bits per heavy atom. The lowest BCUT2D eigenvalue weighted by molar-refractivity contribution is -0.137. The van der Waals surface area contributed by atoms with Crippen LogP contribution in [0.2, 0.25) is 0 Å². The Morgan fingerprint density at radius 2 is 1.68 bits per heavy atom. The molecular weight excluding hydrogens is 272 g/mol. The van der Waals surface area contributed by atoms with Crippen molar-refractivity contribution in [3.05, 3.63) is 0 Å². The van der Waals surface area contributed by atoms with Gasteiger partial charge in [0.15, 0.2) is 9.84 Å². The lowest BCUT2D eigenvalue weighted by Gasteiger charge is -2.07. The lowest BCUT2D eigenvalue weighted by Crippen LogP contribution is -2.38.